The Morgan fingerprint density at radius 2 is 2.05 bits per heavy atom. The van der Waals surface area contributed by atoms with E-state index in [4.69, 9.17) is 5.11 Å². The van der Waals surface area contributed by atoms with Gasteiger partial charge in [0.2, 0.25) is 5.91 Å². The minimum absolute atomic E-state index is 0.0471. The standard InChI is InChI=1S/C16H21NO3S/c1-17(9-3-6-16(19)20)15(18)11-21-14-8-7-12-4-2-5-13(12)10-14/h7-8,10H,2-6,9,11H2,1H3,(H,19,20). The van der Waals surface area contributed by atoms with Crippen LogP contribution in [0.2, 0.25) is 0 Å². The van der Waals surface area contributed by atoms with E-state index in [9.17, 15) is 9.59 Å². The molecular formula is C16H21NO3S. The van der Waals surface area contributed by atoms with Crippen molar-refractivity contribution in [2.24, 2.45) is 0 Å². The van der Waals surface area contributed by atoms with Crippen LogP contribution >= 0.6 is 11.8 Å². The number of thioether (sulfide) groups is 1. The van der Waals surface area contributed by atoms with Crippen molar-refractivity contribution in [1.29, 1.82) is 0 Å². The first-order valence-electron chi connectivity index (χ1n) is 7.26. The summed E-state index contributed by atoms with van der Waals surface area (Å²) >= 11 is 1.56. The van der Waals surface area contributed by atoms with Crippen molar-refractivity contribution in [3.8, 4) is 0 Å². The van der Waals surface area contributed by atoms with Crippen LogP contribution in [0.5, 0.6) is 0 Å². The number of carbonyl (C=O) groups excluding carboxylic acids is 1. The van der Waals surface area contributed by atoms with Crippen LogP contribution in [0.15, 0.2) is 23.1 Å². The molecule has 0 atom stereocenters. The molecule has 1 amide bonds. The van der Waals surface area contributed by atoms with E-state index in [2.05, 4.69) is 18.2 Å². The Labute approximate surface area is 129 Å². The summed E-state index contributed by atoms with van der Waals surface area (Å²) in [5, 5.41) is 8.59. The average molecular weight is 307 g/mol. The molecule has 4 nitrogen and oxygen atoms in total. The highest BCUT2D eigenvalue weighted by atomic mass is 32.2. The molecule has 1 aliphatic rings. The second-order valence-electron chi connectivity index (χ2n) is 5.39. The number of amides is 1. The summed E-state index contributed by atoms with van der Waals surface area (Å²) in [7, 11) is 1.73. The van der Waals surface area contributed by atoms with Crippen LogP contribution in [0.3, 0.4) is 0 Å². The van der Waals surface area contributed by atoms with Gasteiger partial charge in [-0.2, -0.15) is 0 Å². The highest BCUT2D eigenvalue weighted by Crippen LogP contribution is 2.27. The fourth-order valence-corrected chi connectivity index (χ4v) is 3.39. The fourth-order valence-electron chi connectivity index (χ4n) is 2.49. The lowest BCUT2D eigenvalue weighted by molar-refractivity contribution is -0.137. The predicted octanol–water partition coefficient (Wildman–Crippen LogP) is 2.59. The molecule has 0 radical (unpaired) electrons. The van der Waals surface area contributed by atoms with Crippen molar-refractivity contribution in [2.75, 3.05) is 19.3 Å². The van der Waals surface area contributed by atoms with Gasteiger partial charge in [0, 0.05) is 24.9 Å². The molecular weight excluding hydrogens is 286 g/mol. The van der Waals surface area contributed by atoms with E-state index in [0.717, 1.165) is 11.3 Å². The SMILES string of the molecule is CN(CCCC(=O)O)C(=O)CSc1ccc2c(c1)CCC2. The summed E-state index contributed by atoms with van der Waals surface area (Å²) < 4.78 is 0. The van der Waals surface area contributed by atoms with Crippen LogP contribution in [0, 0.1) is 0 Å². The lowest BCUT2D eigenvalue weighted by atomic mass is 10.1. The van der Waals surface area contributed by atoms with Crippen molar-refractivity contribution in [3.63, 3.8) is 0 Å². The van der Waals surface area contributed by atoms with Crippen LogP contribution in [0.25, 0.3) is 0 Å². The van der Waals surface area contributed by atoms with Crippen LogP contribution in [-0.2, 0) is 22.4 Å². The summed E-state index contributed by atoms with van der Waals surface area (Å²) in [5.74, 6) is -0.364. The summed E-state index contributed by atoms with van der Waals surface area (Å²) in [5.41, 5.74) is 2.86. The van der Waals surface area contributed by atoms with Gasteiger partial charge in [0.05, 0.1) is 5.75 Å². The zero-order chi connectivity index (χ0) is 15.2. The van der Waals surface area contributed by atoms with E-state index >= 15 is 0 Å². The zero-order valence-corrected chi connectivity index (χ0v) is 13.1. The highest BCUT2D eigenvalue weighted by molar-refractivity contribution is 8.00. The number of carbonyl (C=O) groups is 2. The van der Waals surface area contributed by atoms with Crippen LogP contribution in [0.4, 0.5) is 0 Å². The molecule has 0 spiro atoms. The first-order chi connectivity index (χ1) is 10.1. The van der Waals surface area contributed by atoms with Gasteiger partial charge in [-0.05, 0) is 48.9 Å². The van der Waals surface area contributed by atoms with Crippen molar-refractivity contribution in [2.45, 2.75) is 37.0 Å². The maximum atomic E-state index is 12.0. The molecule has 1 aromatic rings. The number of hydrogen-bond acceptors (Lipinski definition) is 3. The van der Waals surface area contributed by atoms with E-state index in [0.29, 0.717) is 18.7 Å². The molecule has 0 heterocycles. The van der Waals surface area contributed by atoms with E-state index in [1.165, 1.54) is 24.0 Å². The Hall–Kier alpha value is -1.49. The molecule has 1 aromatic carbocycles. The lowest BCUT2D eigenvalue weighted by Crippen LogP contribution is -2.29. The Kier molecular flexibility index (Phi) is 5.67. The van der Waals surface area contributed by atoms with Gasteiger partial charge in [-0.1, -0.05) is 6.07 Å². The molecule has 5 heteroatoms. The first-order valence-corrected chi connectivity index (χ1v) is 8.25. The predicted molar refractivity (Wildman–Crippen MR) is 83.7 cm³/mol. The Morgan fingerprint density at radius 1 is 1.29 bits per heavy atom. The van der Waals surface area contributed by atoms with Gasteiger partial charge in [-0.3, -0.25) is 9.59 Å². The Bertz CT molecular complexity index is 530. The number of benzene rings is 1. The average Bonchev–Trinajstić information content (AvgIpc) is 2.91. The minimum Gasteiger partial charge on any atom is -0.481 e. The fraction of sp³-hybridized carbons (Fsp3) is 0.500. The highest BCUT2D eigenvalue weighted by Gasteiger charge is 2.13. The molecule has 0 saturated heterocycles. The van der Waals surface area contributed by atoms with Crippen LogP contribution in [0.1, 0.15) is 30.4 Å². The maximum Gasteiger partial charge on any atom is 0.303 e. The van der Waals surface area contributed by atoms with Crippen molar-refractivity contribution in [1.82, 2.24) is 4.90 Å². The number of rotatable bonds is 7. The molecule has 114 valence electrons. The molecule has 0 fully saturated rings. The first kappa shape index (κ1) is 15.9. The van der Waals surface area contributed by atoms with Gasteiger partial charge in [-0.15, -0.1) is 11.8 Å². The molecule has 0 saturated carbocycles. The number of carboxylic acid groups (broad SMARTS) is 1. The van der Waals surface area contributed by atoms with Gasteiger partial charge >= 0.3 is 5.97 Å². The summed E-state index contributed by atoms with van der Waals surface area (Å²) in [6, 6.07) is 6.46. The van der Waals surface area contributed by atoms with E-state index in [1.807, 2.05) is 0 Å². The van der Waals surface area contributed by atoms with E-state index < -0.39 is 5.97 Å². The maximum absolute atomic E-state index is 12.0. The molecule has 2 rings (SSSR count). The number of nitrogens with zero attached hydrogens (tertiary/aromatic N) is 1. The van der Waals surface area contributed by atoms with Gasteiger partial charge < -0.3 is 10.0 Å². The number of aryl methyl sites for hydroxylation is 2. The topological polar surface area (TPSA) is 57.6 Å². The third kappa shape index (κ3) is 4.77. The van der Waals surface area contributed by atoms with Gasteiger partial charge in [0.25, 0.3) is 0 Å². The third-order valence-corrected chi connectivity index (χ3v) is 4.72. The Morgan fingerprint density at radius 3 is 2.81 bits per heavy atom. The summed E-state index contributed by atoms with van der Waals surface area (Å²) in [6.45, 7) is 0.496. The summed E-state index contributed by atoms with van der Waals surface area (Å²) in [4.78, 5) is 25.2. The number of carboxylic acids is 1. The minimum atomic E-state index is -0.816. The lowest BCUT2D eigenvalue weighted by Gasteiger charge is -2.16. The number of fused-ring (bicyclic) bond motifs is 1. The van der Waals surface area contributed by atoms with E-state index in [1.54, 1.807) is 23.7 Å². The van der Waals surface area contributed by atoms with Crippen LogP contribution in [-0.4, -0.2) is 41.2 Å². The molecule has 0 aliphatic heterocycles. The molecule has 1 aliphatic carbocycles. The monoisotopic (exact) mass is 307 g/mol. The Balaban J connectivity index is 1.76. The van der Waals surface area contributed by atoms with Crippen LogP contribution < -0.4 is 0 Å². The molecule has 1 N–H and O–H groups in total. The second kappa shape index (κ2) is 7.50. The van der Waals surface area contributed by atoms with Gasteiger partial charge in [-0.25, -0.2) is 0 Å². The second-order valence-corrected chi connectivity index (χ2v) is 6.43. The zero-order valence-electron chi connectivity index (χ0n) is 12.3. The largest absolute Gasteiger partial charge is 0.481 e. The molecule has 0 aromatic heterocycles. The molecule has 21 heavy (non-hydrogen) atoms. The normalized spacial score (nSPS) is 13.0. The number of hydrogen-bond donors (Lipinski definition) is 1. The number of aliphatic carboxylic acids is 1. The quantitative estimate of drug-likeness (QED) is 0.787. The smallest absolute Gasteiger partial charge is 0.303 e. The third-order valence-electron chi connectivity index (χ3n) is 3.74. The van der Waals surface area contributed by atoms with Gasteiger partial charge in [0.1, 0.15) is 0 Å². The molecule has 0 bridgehead atoms. The van der Waals surface area contributed by atoms with Crippen molar-refractivity contribution in [3.05, 3.63) is 29.3 Å². The van der Waals surface area contributed by atoms with Crippen molar-refractivity contribution < 1.29 is 14.7 Å². The van der Waals surface area contributed by atoms with E-state index in [-0.39, 0.29) is 12.3 Å². The van der Waals surface area contributed by atoms with Gasteiger partial charge in [0.15, 0.2) is 0 Å². The molecule has 0 unspecified atom stereocenters. The van der Waals surface area contributed by atoms with Crippen molar-refractivity contribution >= 4 is 23.6 Å². The summed E-state index contributed by atoms with van der Waals surface area (Å²) in [6.07, 6.45) is 4.16.